The van der Waals surface area contributed by atoms with Crippen molar-refractivity contribution in [3.63, 3.8) is 0 Å². The second kappa shape index (κ2) is 5.61. The van der Waals surface area contributed by atoms with Crippen LogP contribution in [0.5, 0.6) is 17.5 Å². The van der Waals surface area contributed by atoms with Gasteiger partial charge in [-0.15, -0.1) is 0 Å². The first kappa shape index (κ1) is 13.7. The summed E-state index contributed by atoms with van der Waals surface area (Å²) in [5.41, 5.74) is 0.676. The number of aromatic nitrogens is 3. The lowest BCUT2D eigenvalue weighted by Crippen LogP contribution is -2.25. The number of hydrogen-bond acceptors (Lipinski definition) is 7. The van der Waals surface area contributed by atoms with Crippen molar-refractivity contribution in [1.82, 2.24) is 15.0 Å². The predicted octanol–water partition coefficient (Wildman–Crippen LogP) is 2.09. The number of rotatable bonds is 3. The minimum absolute atomic E-state index is 0.182. The third kappa shape index (κ3) is 2.64. The van der Waals surface area contributed by atoms with E-state index < -0.39 is 0 Å². The molecule has 0 aliphatic carbocycles. The second-order valence-corrected chi connectivity index (χ2v) is 4.76. The van der Waals surface area contributed by atoms with Gasteiger partial charge in [-0.05, 0) is 0 Å². The molecule has 1 aliphatic rings. The Morgan fingerprint density at radius 2 is 2.05 bits per heavy atom. The molecule has 0 aromatic carbocycles. The van der Waals surface area contributed by atoms with Gasteiger partial charge in [0.15, 0.2) is 11.6 Å². The summed E-state index contributed by atoms with van der Waals surface area (Å²) in [6, 6.07) is 1.53. The summed E-state index contributed by atoms with van der Waals surface area (Å²) in [5, 5.41) is 3.76. The molecule has 0 fully saturated rings. The van der Waals surface area contributed by atoms with Crippen molar-refractivity contribution in [3.05, 3.63) is 29.2 Å². The first-order valence-corrected chi connectivity index (χ1v) is 6.59. The van der Waals surface area contributed by atoms with Gasteiger partial charge in [-0.2, -0.15) is 0 Å². The molecule has 0 saturated heterocycles. The number of anilines is 1. The Labute approximate surface area is 126 Å². The van der Waals surface area contributed by atoms with Crippen molar-refractivity contribution in [1.29, 1.82) is 0 Å². The van der Waals surface area contributed by atoms with Gasteiger partial charge < -0.3 is 19.5 Å². The summed E-state index contributed by atoms with van der Waals surface area (Å²) in [7, 11) is 3.03. The summed E-state index contributed by atoms with van der Waals surface area (Å²) in [5.74, 6) is 1.90. The van der Waals surface area contributed by atoms with Crippen molar-refractivity contribution in [3.8, 4) is 17.5 Å². The standard InChI is InChI=1S/C13H13ClN4O3/c1-19-12-13(20-2)18-8(5-16-12)9-6-21-10-3-7(14)4-15-11(10)17-9/h3-5,9H,6H2,1-2H3,(H,15,17). The molecule has 1 atom stereocenters. The summed E-state index contributed by atoms with van der Waals surface area (Å²) in [4.78, 5) is 12.7. The van der Waals surface area contributed by atoms with Crippen LogP contribution in [0.15, 0.2) is 18.5 Å². The zero-order valence-electron chi connectivity index (χ0n) is 11.5. The Bertz CT molecular complexity index is 668. The number of hydrogen-bond donors (Lipinski definition) is 1. The molecular weight excluding hydrogens is 296 g/mol. The van der Waals surface area contributed by atoms with Crippen LogP contribution in [0, 0.1) is 0 Å². The molecule has 0 spiro atoms. The molecular formula is C13H13ClN4O3. The summed E-state index contributed by atoms with van der Waals surface area (Å²) < 4.78 is 15.9. The number of methoxy groups -OCH3 is 2. The molecule has 2 aromatic heterocycles. The fourth-order valence-electron chi connectivity index (χ4n) is 1.99. The van der Waals surface area contributed by atoms with Crippen LogP contribution in [0.25, 0.3) is 0 Å². The Hall–Kier alpha value is -2.28. The van der Waals surface area contributed by atoms with Crippen LogP contribution in [0.4, 0.5) is 5.82 Å². The SMILES string of the molecule is COc1ncc(C2COc3cc(Cl)cnc3N2)nc1OC. The third-order valence-corrected chi connectivity index (χ3v) is 3.21. The highest BCUT2D eigenvalue weighted by Gasteiger charge is 2.24. The van der Waals surface area contributed by atoms with Gasteiger partial charge in [0.2, 0.25) is 0 Å². The fraction of sp³-hybridized carbons (Fsp3) is 0.308. The molecule has 0 bridgehead atoms. The number of fused-ring (bicyclic) bond motifs is 1. The molecule has 110 valence electrons. The van der Waals surface area contributed by atoms with Crippen LogP contribution in [-0.2, 0) is 0 Å². The van der Waals surface area contributed by atoms with E-state index in [2.05, 4.69) is 20.3 Å². The van der Waals surface area contributed by atoms with Gasteiger partial charge in [0.05, 0.1) is 31.1 Å². The molecule has 0 radical (unpaired) electrons. The molecule has 1 unspecified atom stereocenters. The molecule has 3 rings (SSSR count). The second-order valence-electron chi connectivity index (χ2n) is 4.32. The number of halogens is 1. The van der Waals surface area contributed by atoms with E-state index in [0.717, 1.165) is 0 Å². The van der Waals surface area contributed by atoms with Crippen LogP contribution >= 0.6 is 11.6 Å². The first-order chi connectivity index (χ1) is 10.2. The van der Waals surface area contributed by atoms with Crippen molar-refractivity contribution < 1.29 is 14.2 Å². The zero-order valence-corrected chi connectivity index (χ0v) is 12.2. The third-order valence-electron chi connectivity index (χ3n) is 3.01. The van der Waals surface area contributed by atoms with Gasteiger partial charge in [0.1, 0.15) is 12.6 Å². The van der Waals surface area contributed by atoms with Crippen molar-refractivity contribution in [2.45, 2.75) is 6.04 Å². The Morgan fingerprint density at radius 1 is 1.24 bits per heavy atom. The first-order valence-electron chi connectivity index (χ1n) is 6.21. The maximum atomic E-state index is 5.88. The highest BCUT2D eigenvalue weighted by molar-refractivity contribution is 6.30. The minimum atomic E-state index is -0.182. The van der Waals surface area contributed by atoms with Gasteiger partial charge in [0.25, 0.3) is 11.8 Å². The monoisotopic (exact) mass is 308 g/mol. The predicted molar refractivity (Wildman–Crippen MR) is 76.2 cm³/mol. The molecule has 2 aromatic rings. The largest absolute Gasteiger partial charge is 0.487 e. The van der Waals surface area contributed by atoms with Gasteiger partial charge >= 0.3 is 0 Å². The van der Waals surface area contributed by atoms with E-state index in [-0.39, 0.29) is 6.04 Å². The molecule has 0 saturated carbocycles. The summed E-state index contributed by atoms with van der Waals surface area (Å²) in [6.45, 7) is 0.388. The lowest BCUT2D eigenvalue weighted by molar-refractivity contribution is 0.279. The van der Waals surface area contributed by atoms with Crippen molar-refractivity contribution >= 4 is 17.4 Å². The highest BCUT2D eigenvalue weighted by Crippen LogP contribution is 2.34. The topological polar surface area (TPSA) is 78.4 Å². The zero-order chi connectivity index (χ0) is 14.8. The lowest BCUT2D eigenvalue weighted by Gasteiger charge is -2.26. The van der Waals surface area contributed by atoms with Gasteiger partial charge in [-0.25, -0.2) is 15.0 Å². The smallest absolute Gasteiger partial charge is 0.278 e. The maximum Gasteiger partial charge on any atom is 0.278 e. The fourth-order valence-corrected chi connectivity index (χ4v) is 2.14. The van der Waals surface area contributed by atoms with Crippen LogP contribution in [0.2, 0.25) is 5.02 Å². The molecule has 0 amide bonds. The average Bonchev–Trinajstić information content (AvgIpc) is 2.53. The number of pyridine rings is 1. The van der Waals surface area contributed by atoms with Crippen LogP contribution in [0.1, 0.15) is 11.7 Å². The van der Waals surface area contributed by atoms with Crippen LogP contribution in [0.3, 0.4) is 0 Å². The van der Waals surface area contributed by atoms with E-state index in [9.17, 15) is 0 Å². The molecule has 21 heavy (non-hydrogen) atoms. The summed E-state index contributed by atoms with van der Waals surface area (Å²) >= 11 is 5.88. The van der Waals surface area contributed by atoms with E-state index in [1.807, 2.05) is 0 Å². The van der Waals surface area contributed by atoms with Crippen molar-refractivity contribution in [2.24, 2.45) is 0 Å². The maximum absolute atomic E-state index is 5.88. The van der Waals surface area contributed by atoms with Crippen LogP contribution < -0.4 is 19.5 Å². The normalized spacial score (nSPS) is 16.4. The Morgan fingerprint density at radius 3 is 2.81 bits per heavy atom. The molecule has 7 nitrogen and oxygen atoms in total. The molecule has 1 aliphatic heterocycles. The van der Waals surface area contributed by atoms with E-state index in [1.54, 1.807) is 18.5 Å². The van der Waals surface area contributed by atoms with E-state index >= 15 is 0 Å². The Kier molecular flexibility index (Phi) is 3.66. The van der Waals surface area contributed by atoms with Gasteiger partial charge in [0, 0.05) is 12.3 Å². The van der Waals surface area contributed by atoms with E-state index in [0.29, 0.717) is 40.7 Å². The highest BCUT2D eigenvalue weighted by atomic mass is 35.5. The van der Waals surface area contributed by atoms with E-state index in [4.69, 9.17) is 25.8 Å². The average molecular weight is 309 g/mol. The summed E-state index contributed by atoms with van der Waals surface area (Å²) in [6.07, 6.45) is 3.17. The molecule has 8 heteroatoms. The Balaban J connectivity index is 1.87. The number of nitrogens with one attached hydrogen (secondary N) is 1. The number of nitrogens with zero attached hydrogens (tertiary/aromatic N) is 3. The van der Waals surface area contributed by atoms with Gasteiger partial charge in [-0.3, -0.25) is 0 Å². The quantitative estimate of drug-likeness (QED) is 0.930. The van der Waals surface area contributed by atoms with Crippen LogP contribution in [-0.4, -0.2) is 35.8 Å². The molecule has 1 N–H and O–H groups in total. The minimum Gasteiger partial charge on any atom is -0.487 e. The lowest BCUT2D eigenvalue weighted by atomic mass is 10.2. The van der Waals surface area contributed by atoms with Gasteiger partial charge in [-0.1, -0.05) is 11.6 Å². The van der Waals surface area contributed by atoms with Crippen molar-refractivity contribution in [2.75, 3.05) is 26.1 Å². The van der Waals surface area contributed by atoms with E-state index in [1.165, 1.54) is 14.2 Å². The number of ether oxygens (including phenoxy) is 3. The molecule has 3 heterocycles.